The van der Waals surface area contributed by atoms with E-state index in [0.29, 0.717) is 6.61 Å². The number of rotatable bonds is 8. The van der Waals surface area contributed by atoms with Gasteiger partial charge in [-0.25, -0.2) is 0 Å². The second-order valence-electron chi connectivity index (χ2n) is 4.07. The monoisotopic (exact) mass is 315 g/mol. The first-order valence-electron chi connectivity index (χ1n) is 6.42. The van der Waals surface area contributed by atoms with Crippen LogP contribution in [0, 0.1) is 0 Å². The van der Waals surface area contributed by atoms with E-state index in [9.17, 15) is 0 Å². The SMILES string of the molecule is CCCCNCc1cc(Br)c(OCC)c(OC)c1. The van der Waals surface area contributed by atoms with Crippen LogP contribution in [-0.2, 0) is 6.54 Å². The molecule has 0 aromatic heterocycles. The van der Waals surface area contributed by atoms with Crippen LogP contribution in [0.2, 0.25) is 0 Å². The fourth-order valence-corrected chi connectivity index (χ4v) is 2.30. The Hall–Kier alpha value is -0.740. The molecule has 0 aliphatic rings. The van der Waals surface area contributed by atoms with Crippen molar-refractivity contribution in [2.75, 3.05) is 20.3 Å². The van der Waals surface area contributed by atoms with Gasteiger partial charge >= 0.3 is 0 Å². The molecule has 1 aromatic carbocycles. The van der Waals surface area contributed by atoms with Crippen LogP contribution < -0.4 is 14.8 Å². The maximum atomic E-state index is 5.56. The van der Waals surface area contributed by atoms with Crippen LogP contribution >= 0.6 is 15.9 Å². The number of halogens is 1. The van der Waals surface area contributed by atoms with Crippen LogP contribution in [0.4, 0.5) is 0 Å². The molecule has 102 valence electrons. The topological polar surface area (TPSA) is 30.5 Å². The zero-order valence-electron chi connectivity index (χ0n) is 11.4. The van der Waals surface area contributed by atoms with Gasteiger partial charge in [-0.2, -0.15) is 0 Å². The fourth-order valence-electron chi connectivity index (χ4n) is 1.69. The minimum Gasteiger partial charge on any atom is -0.493 e. The first-order chi connectivity index (χ1) is 8.72. The van der Waals surface area contributed by atoms with Crippen molar-refractivity contribution in [3.8, 4) is 11.5 Å². The molecule has 4 heteroatoms. The molecule has 1 aromatic rings. The largest absolute Gasteiger partial charge is 0.493 e. The lowest BCUT2D eigenvalue weighted by Gasteiger charge is -2.13. The van der Waals surface area contributed by atoms with E-state index >= 15 is 0 Å². The van der Waals surface area contributed by atoms with Crippen LogP contribution in [0.3, 0.4) is 0 Å². The molecule has 0 aliphatic heterocycles. The average molecular weight is 316 g/mol. The summed E-state index contributed by atoms with van der Waals surface area (Å²) in [6.07, 6.45) is 2.42. The zero-order valence-corrected chi connectivity index (χ0v) is 13.0. The molecule has 0 fully saturated rings. The van der Waals surface area contributed by atoms with Crippen LogP contribution in [-0.4, -0.2) is 20.3 Å². The number of methoxy groups -OCH3 is 1. The van der Waals surface area contributed by atoms with Gasteiger partial charge in [0.05, 0.1) is 18.2 Å². The maximum Gasteiger partial charge on any atom is 0.175 e. The van der Waals surface area contributed by atoms with Crippen molar-refractivity contribution in [1.82, 2.24) is 5.32 Å². The molecule has 18 heavy (non-hydrogen) atoms. The second kappa shape index (κ2) is 8.38. The third kappa shape index (κ3) is 4.50. The van der Waals surface area contributed by atoms with Crippen molar-refractivity contribution in [2.24, 2.45) is 0 Å². The summed E-state index contributed by atoms with van der Waals surface area (Å²) < 4.78 is 11.9. The van der Waals surface area contributed by atoms with Gasteiger partial charge in [-0.3, -0.25) is 0 Å². The number of unbranched alkanes of at least 4 members (excludes halogenated alkanes) is 1. The van der Waals surface area contributed by atoms with Crippen molar-refractivity contribution >= 4 is 15.9 Å². The Kier molecular flexibility index (Phi) is 7.13. The van der Waals surface area contributed by atoms with Crippen molar-refractivity contribution < 1.29 is 9.47 Å². The molecule has 0 spiro atoms. The van der Waals surface area contributed by atoms with Crippen LogP contribution in [0.15, 0.2) is 16.6 Å². The van der Waals surface area contributed by atoms with E-state index < -0.39 is 0 Å². The summed E-state index contributed by atoms with van der Waals surface area (Å²) in [6, 6.07) is 4.10. The van der Waals surface area contributed by atoms with E-state index in [-0.39, 0.29) is 0 Å². The Labute approximate surface area is 118 Å². The number of nitrogens with one attached hydrogen (secondary N) is 1. The summed E-state index contributed by atoms with van der Waals surface area (Å²) in [5.41, 5.74) is 1.19. The molecule has 1 rings (SSSR count). The second-order valence-corrected chi connectivity index (χ2v) is 4.93. The molecule has 3 nitrogen and oxygen atoms in total. The Bertz CT molecular complexity index is 369. The Morgan fingerprint density at radius 3 is 2.67 bits per heavy atom. The maximum absolute atomic E-state index is 5.56. The van der Waals surface area contributed by atoms with Gasteiger partial charge in [0, 0.05) is 6.54 Å². The summed E-state index contributed by atoms with van der Waals surface area (Å²) in [6.45, 7) is 6.68. The molecule has 0 amide bonds. The average Bonchev–Trinajstić information content (AvgIpc) is 2.37. The highest BCUT2D eigenvalue weighted by Gasteiger charge is 2.10. The normalized spacial score (nSPS) is 10.4. The van der Waals surface area contributed by atoms with E-state index in [1.54, 1.807) is 7.11 Å². The third-order valence-electron chi connectivity index (χ3n) is 2.61. The quantitative estimate of drug-likeness (QED) is 0.741. The predicted octanol–water partition coefficient (Wildman–Crippen LogP) is 3.75. The molecule has 0 saturated heterocycles. The van der Waals surface area contributed by atoms with E-state index in [0.717, 1.165) is 29.1 Å². The molecule has 0 aliphatic carbocycles. The Morgan fingerprint density at radius 2 is 2.06 bits per heavy atom. The van der Waals surface area contributed by atoms with Gasteiger partial charge in [-0.1, -0.05) is 13.3 Å². The standard InChI is InChI=1S/C14H22BrNO2/c1-4-6-7-16-10-11-8-12(15)14(18-5-2)13(9-11)17-3/h8-9,16H,4-7,10H2,1-3H3. The predicted molar refractivity (Wildman–Crippen MR) is 78.5 cm³/mol. The van der Waals surface area contributed by atoms with Gasteiger partial charge in [-0.05, 0) is 53.5 Å². The van der Waals surface area contributed by atoms with Crippen LogP contribution in [0.5, 0.6) is 11.5 Å². The summed E-state index contributed by atoms with van der Waals surface area (Å²) in [5.74, 6) is 1.55. The lowest BCUT2D eigenvalue weighted by atomic mass is 10.2. The first kappa shape index (κ1) is 15.3. The summed E-state index contributed by atoms with van der Waals surface area (Å²) in [5, 5.41) is 3.42. The van der Waals surface area contributed by atoms with Gasteiger partial charge in [0.2, 0.25) is 0 Å². The third-order valence-corrected chi connectivity index (χ3v) is 3.20. The smallest absolute Gasteiger partial charge is 0.175 e. The van der Waals surface area contributed by atoms with Gasteiger partial charge in [-0.15, -0.1) is 0 Å². The van der Waals surface area contributed by atoms with Gasteiger partial charge in [0.25, 0.3) is 0 Å². The minimum atomic E-state index is 0.628. The van der Waals surface area contributed by atoms with Crippen molar-refractivity contribution in [3.05, 3.63) is 22.2 Å². The molecule has 0 heterocycles. The molecular weight excluding hydrogens is 294 g/mol. The summed E-state index contributed by atoms with van der Waals surface area (Å²) in [7, 11) is 1.67. The number of hydrogen-bond acceptors (Lipinski definition) is 3. The highest BCUT2D eigenvalue weighted by atomic mass is 79.9. The molecule has 0 unspecified atom stereocenters. The highest BCUT2D eigenvalue weighted by Crippen LogP contribution is 2.36. The van der Waals surface area contributed by atoms with Gasteiger partial charge < -0.3 is 14.8 Å². The highest BCUT2D eigenvalue weighted by molar-refractivity contribution is 9.10. The summed E-state index contributed by atoms with van der Waals surface area (Å²) in [4.78, 5) is 0. The molecule has 1 N–H and O–H groups in total. The number of hydrogen-bond donors (Lipinski definition) is 1. The van der Waals surface area contributed by atoms with Gasteiger partial charge in [0.1, 0.15) is 0 Å². The van der Waals surface area contributed by atoms with E-state index in [2.05, 4.69) is 34.2 Å². The summed E-state index contributed by atoms with van der Waals surface area (Å²) >= 11 is 3.53. The molecule has 0 bridgehead atoms. The van der Waals surface area contributed by atoms with Crippen molar-refractivity contribution in [1.29, 1.82) is 0 Å². The molecular formula is C14H22BrNO2. The lowest BCUT2D eigenvalue weighted by molar-refractivity contribution is 0.308. The van der Waals surface area contributed by atoms with Crippen molar-refractivity contribution in [2.45, 2.75) is 33.2 Å². The van der Waals surface area contributed by atoms with Crippen LogP contribution in [0.1, 0.15) is 32.3 Å². The van der Waals surface area contributed by atoms with E-state index in [4.69, 9.17) is 9.47 Å². The Morgan fingerprint density at radius 1 is 1.28 bits per heavy atom. The van der Waals surface area contributed by atoms with E-state index in [1.165, 1.54) is 18.4 Å². The molecule has 0 radical (unpaired) electrons. The van der Waals surface area contributed by atoms with Gasteiger partial charge in [0.15, 0.2) is 11.5 Å². The van der Waals surface area contributed by atoms with Crippen LogP contribution in [0.25, 0.3) is 0 Å². The molecule has 0 atom stereocenters. The van der Waals surface area contributed by atoms with Crippen molar-refractivity contribution in [3.63, 3.8) is 0 Å². The fraction of sp³-hybridized carbons (Fsp3) is 0.571. The Balaban J connectivity index is 2.73. The van der Waals surface area contributed by atoms with E-state index in [1.807, 2.05) is 13.0 Å². The zero-order chi connectivity index (χ0) is 13.4. The number of ether oxygens (including phenoxy) is 2. The molecule has 0 saturated carbocycles. The first-order valence-corrected chi connectivity index (χ1v) is 7.22. The lowest BCUT2D eigenvalue weighted by Crippen LogP contribution is -2.14. The number of benzene rings is 1. The minimum absolute atomic E-state index is 0.628.